The molecule has 0 spiro atoms. The molecule has 0 saturated heterocycles. The maximum atomic E-state index is 15.5. The molecule has 0 unspecified atom stereocenters. The molecule has 11 heteroatoms. The van der Waals surface area contributed by atoms with Crippen LogP contribution in [-0.4, -0.2) is 44.3 Å². The molecule has 7 rings (SSSR count). The predicted molar refractivity (Wildman–Crippen MR) is 180 cm³/mol. The van der Waals surface area contributed by atoms with E-state index in [1.54, 1.807) is 25.1 Å². The maximum absolute atomic E-state index is 15.5. The summed E-state index contributed by atoms with van der Waals surface area (Å²) in [4.78, 5) is 54.2. The fourth-order valence-electron chi connectivity index (χ4n) is 7.24. The first-order valence-electron chi connectivity index (χ1n) is 16.5. The largest absolute Gasteiger partial charge is 0.368 e. The highest BCUT2D eigenvalue weighted by Gasteiger charge is 2.36. The number of hydrogen-bond donors (Lipinski definition) is 5. The van der Waals surface area contributed by atoms with Crippen molar-refractivity contribution in [2.45, 2.75) is 70.3 Å². The second-order valence-electron chi connectivity index (χ2n) is 13.3. The molecule has 7 N–H and O–H groups in total. The molecule has 0 radical (unpaired) electrons. The quantitative estimate of drug-likeness (QED) is 0.147. The molecule has 47 heavy (non-hydrogen) atoms. The van der Waals surface area contributed by atoms with Crippen molar-refractivity contribution in [2.24, 2.45) is 23.3 Å². The molecule has 1 atom stereocenters. The first-order chi connectivity index (χ1) is 22.7. The molecule has 244 valence electrons. The molecule has 5 aromatic rings. The van der Waals surface area contributed by atoms with Gasteiger partial charge in [0.15, 0.2) is 5.82 Å². The highest BCUT2D eigenvalue weighted by Crippen LogP contribution is 2.38. The number of imidazole rings is 2. The number of benzene rings is 3. The van der Waals surface area contributed by atoms with Crippen LogP contribution in [0.1, 0.15) is 67.8 Å². The van der Waals surface area contributed by atoms with Crippen LogP contribution in [0.3, 0.4) is 0 Å². The topological polar surface area (TPSA) is 167 Å². The molecule has 2 aromatic heterocycles. The minimum absolute atomic E-state index is 0.168. The highest BCUT2D eigenvalue weighted by atomic mass is 19.1. The first kappa shape index (κ1) is 30.9. The maximum Gasteiger partial charge on any atom is 0.323 e. The summed E-state index contributed by atoms with van der Waals surface area (Å²) in [5, 5.41) is 0. The first-order valence-corrected chi connectivity index (χ1v) is 16.5. The van der Waals surface area contributed by atoms with Gasteiger partial charge in [-0.1, -0.05) is 30.7 Å². The zero-order valence-corrected chi connectivity index (χ0v) is 26.4. The third-order valence-electron chi connectivity index (χ3n) is 10.4. The number of primary amides is 1. The Labute approximate surface area is 271 Å². The van der Waals surface area contributed by atoms with Crippen molar-refractivity contribution in [1.29, 1.82) is 0 Å². The number of nitrogens with zero attached hydrogens (tertiary/aromatic N) is 2. The summed E-state index contributed by atoms with van der Waals surface area (Å²) in [6.07, 6.45) is 6.54. The van der Waals surface area contributed by atoms with E-state index in [-0.39, 0.29) is 29.8 Å². The van der Waals surface area contributed by atoms with Gasteiger partial charge in [0.2, 0.25) is 11.8 Å². The number of nitrogens with one attached hydrogen (secondary N) is 3. The number of aromatic amines is 3. The number of aromatic nitrogens is 4. The standard InChI is InChI=1S/C36H40FN7O3/c1-19-26(17-29-32(31(19)37)43-34(40-29)23-3-2-4-23)22-9-5-20(6-10-22)15-30(33(39)45)44(35(46)24-11-7-21(18-38)8-12-24)25-13-14-27-28(16-25)42-36(47)41-27/h5-6,9-10,13-14,16-17,21,23-24,30H,2-4,7-8,11-12,15,18,38H2,1H3,(H2,39,45)(H,40,43)(H2,41,42,47)/t21?,24?,30-/m0/s1. The molecule has 2 aliphatic carbocycles. The van der Waals surface area contributed by atoms with Gasteiger partial charge in [0.25, 0.3) is 0 Å². The molecule has 2 aliphatic rings. The van der Waals surface area contributed by atoms with Crippen LogP contribution in [0.25, 0.3) is 33.2 Å². The van der Waals surface area contributed by atoms with E-state index in [0.717, 1.165) is 48.2 Å². The van der Waals surface area contributed by atoms with E-state index < -0.39 is 11.9 Å². The van der Waals surface area contributed by atoms with Crippen LogP contribution in [0.4, 0.5) is 10.1 Å². The van der Waals surface area contributed by atoms with Gasteiger partial charge < -0.3 is 26.4 Å². The zero-order chi connectivity index (χ0) is 32.8. The van der Waals surface area contributed by atoms with Crippen molar-refractivity contribution < 1.29 is 14.0 Å². The number of halogens is 1. The summed E-state index contributed by atoms with van der Waals surface area (Å²) in [6, 6.07) is 13.7. The molecular formula is C36H40FN7O3. The Morgan fingerprint density at radius 3 is 2.34 bits per heavy atom. The number of fused-ring (bicyclic) bond motifs is 2. The van der Waals surface area contributed by atoms with Gasteiger partial charge in [-0.15, -0.1) is 0 Å². The third-order valence-corrected chi connectivity index (χ3v) is 10.4. The lowest BCUT2D eigenvalue weighted by Crippen LogP contribution is -2.52. The zero-order valence-electron chi connectivity index (χ0n) is 26.4. The molecular weight excluding hydrogens is 597 g/mol. The summed E-state index contributed by atoms with van der Waals surface area (Å²) in [7, 11) is 0. The minimum Gasteiger partial charge on any atom is -0.368 e. The smallest absolute Gasteiger partial charge is 0.323 e. The van der Waals surface area contributed by atoms with Crippen molar-refractivity contribution in [2.75, 3.05) is 11.4 Å². The molecule has 2 fully saturated rings. The SMILES string of the molecule is Cc1c(-c2ccc(C[C@@H](C(N)=O)N(C(=O)C3CCC(CN)CC3)c3ccc4[nH]c(=O)[nH]c4c3)cc2)cc2[nH]c(C3CCC3)nc2c1F. The summed E-state index contributed by atoms with van der Waals surface area (Å²) in [5.74, 6) is 0.195. The van der Waals surface area contributed by atoms with Crippen LogP contribution in [0, 0.1) is 24.6 Å². The van der Waals surface area contributed by atoms with E-state index in [1.807, 2.05) is 30.3 Å². The number of carbonyl (C=O) groups excluding carboxylic acids is 2. The Bertz CT molecular complexity index is 2020. The van der Waals surface area contributed by atoms with Crippen LogP contribution in [0.2, 0.25) is 0 Å². The molecule has 0 aliphatic heterocycles. The van der Waals surface area contributed by atoms with Crippen LogP contribution in [-0.2, 0) is 16.0 Å². The minimum atomic E-state index is -0.978. The van der Waals surface area contributed by atoms with Gasteiger partial charge in [-0.2, -0.15) is 0 Å². The van der Waals surface area contributed by atoms with Crippen LogP contribution < -0.4 is 22.1 Å². The molecule has 10 nitrogen and oxygen atoms in total. The van der Waals surface area contributed by atoms with Gasteiger partial charge in [-0.3, -0.25) is 14.5 Å². The average molecular weight is 638 g/mol. The van der Waals surface area contributed by atoms with Crippen molar-refractivity contribution in [3.8, 4) is 11.1 Å². The van der Waals surface area contributed by atoms with Crippen molar-refractivity contribution in [1.82, 2.24) is 19.9 Å². The van der Waals surface area contributed by atoms with Gasteiger partial charge in [0.1, 0.15) is 17.4 Å². The van der Waals surface area contributed by atoms with Gasteiger partial charge in [0, 0.05) is 23.9 Å². The van der Waals surface area contributed by atoms with Crippen LogP contribution in [0.5, 0.6) is 0 Å². The fraction of sp³-hybridized carbons (Fsp3) is 0.389. The number of nitrogens with two attached hydrogens (primary N) is 2. The summed E-state index contributed by atoms with van der Waals surface area (Å²) >= 11 is 0. The Hall–Kier alpha value is -4.77. The van der Waals surface area contributed by atoms with Gasteiger partial charge >= 0.3 is 5.69 Å². The normalized spacial score (nSPS) is 19.1. The number of anilines is 1. The number of hydrogen-bond acceptors (Lipinski definition) is 5. The second kappa shape index (κ2) is 12.4. The summed E-state index contributed by atoms with van der Waals surface area (Å²) in [5.41, 5.74) is 17.1. The van der Waals surface area contributed by atoms with Crippen LogP contribution >= 0.6 is 0 Å². The molecule has 0 bridgehead atoms. The molecule has 3 aromatic carbocycles. The Morgan fingerprint density at radius 1 is 0.957 bits per heavy atom. The number of carbonyl (C=O) groups is 2. The van der Waals surface area contributed by atoms with E-state index in [2.05, 4.69) is 19.9 Å². The lowest BCUT2D eigenvalue weighted by molar-refractivity contribution is -0.127. The molecule has 2 heterocycles. The monoisotopic (exact) mass is 637 g/mol. The number of H-pyrrole nitrogens is 3. The fourth-order valence-corrected chi connectivity index (χ4v) is 7.24. The van der Waals surface area contributed by atoms with Gasteiger partial charge in [0.05, 0.1) is 16.6 Å². The highest BCUT2D eigenvalue weighted by molar-refractivity contribution is 6.02. The van der Waals surface area contributed by atoms with E-state index in [9.17, 15) is 14.4 Å². The van der Waals surface area contributed by atoms with Crippen molar-refractivity contribution in [3.63, 3.8) is 0 Å². The molecule has 2 amide bonds. The second-order valence-corrected chi connectivity index (χ2v) is 13.3. The predicted octanol–water partition coefficient (Wildman–Crippen LogP) is 5.31. The van der Waals surface area contributed by atoms with E-state index in [4.69, 9.17) is 11.5 Å². The van der Waals surface area contributed by atoms with Crippen molar-refractivity contribution >= 4 is 39.6 Å². The van der Waals surface area contributed by atoms with E-state index in [1.165, 1.54) is 11.3 Å². The summed E-state index contributed by atoms with van der Waals surface area (Å²) < 4.78 is 15.5. The Kier molecular flexibility index (Phi) is 8.17. The van der Waals surface area contributed by atoms with E-state index >= 15 is 4.39 Å². The van der Waals surface area contributed by atoms with E-state index in [0.29, 0.717) is 64.5 Å². The van der Waals surface area contributed by atoms with Crippen LogP contribution in [0.15, 0.2) is 53.3 Å². The number of rotatable bonds is 9. The summed E-state index contributed by atoms with van der Waals surface area (Å²) in [6.45, 7) is 2.35. The third kappa shape index (κ3) is 5.84. The van der Waals surface area contributed by atoms with Crippen molar-refractivity contribution in [3.05, 3.63) is 81.8 Å². The van der Waals surface area contributed by atoms with Gasteiger partial charge in [-0.05, 0) is 104 Å². The lowest BCUT2D eigenvalue weighted by atomic mass is 9.81. The lowest BCUT2D eigenvalue weighted by Gasteiger charge is -2.35. The van der Waals surface area contributed by atoms with Gasteiger partial charge in [-0.25, -0.2) is 14.2 Å². The Balaban J connectivity index is 1.19. The Morgan fingerprint density at radius 2 is 1.68 bits per heavy atom. The molecule has 2 saturated carbocycles. The average Bonchev–Trinajstić information content (AvgIpc) is 3.64. The number of amides is 2.